The fourth-order valence-corrected chi connectivity index (χ4v) is 2.26. The van der Waals surface area contributed by atoms with Crippen LogP contribution in [0.25, 0.3) is 0 Å². The van der Waals surface area contributed by atoms with E-state index in [9.17, 15) is 4.79 Å². The van der Waals surface area contributed by atoms with Crippen LogP contribution in [0.4, 0.5) is 5.69 Å². The van der Waals surface area contributed by atoms with E-state index in [0.717, 1.165) is 12.1 Å². The number of carbonyl (C=O) groups is 1. The maximum Gasteiger partial charge on any atom is 0.242 e. The number of anilines is 1. The third-order valence-electron chi connectivity index (χ3n) is 3.26. The summed E-state index contributed by atoms with van der Waals surface area (Å²) in [6, 6.07) is 5.53. The zero-order valence-corrected chi connectivity index (χ0v) is 18.3. The molecular formula is C19H27IN4O3. The van der Waals surface area contributed by atoms with E-state index in [-0.39, 0.29) is 48.5 Å². The molecule has 1 aliphatic rings. The number of ether oxygens (including phenoxy) is 2. The molecule has 1 aromatic rings. The zero-order valence-electron chi connectivity index (χ0n) is 15.9. The minimum absolute atomic E-state index is 0. The number of nitrogens with zero attached hydrogens (tertiary/aromatic N) is 1. The Kier molecular flexibility index (Phi) is 9.21. The SMILES string of the molecule is C#CCNC(=NCC(=O)NC(C)(C)C)Nc1ccc2c(c1)OCCCO2.I. The van der Waals surface area contributed by atoms with Crippen LogP contribution < -0.4 is 25.4 Å². The monoisotopic (exact) mass is 486 g/mol. The number of halogens is 1. The molecule has 7 nitrogen and oxygen atoms in total. The molecule has 0 unspecified atom stereocenters. The minimum Gasteiger partial charge on any atom is -0.490 e. The summed E-state index contributed by atoms with van der Waals surface area (Å²) in [5.41, 5.74) is 0.453. The van der Waals surface area contributed by atoms with Crippen molar-refractivity contribution >= 4 is 41.5 Å². The molecule has 1 aliphatic heterocycles. The Morgan fingerprint density at radius 1 is 1.26 bits per heavy atom. The maximum atomic E-state index is 12.0. The second kappa shape index (κ2) is 10.9. The first kappa shape index (κ1) is 22.9. The number of terminal acetylenes is 1. The Balaban J connectivity index is 0.00000364. The molecule has 1 heterocycles. The molecule has 0 bridgehead atoms. The Bertz CT molecular complexity index is 708. The molecule has 1 amide bonds. The zero-order chi connectivity index (χ0) is 19.0. The Labute approximate surface area is 177 Å². The van der Waals surface area contributed by atoms with Crippen molar-refractivity contribution in [2.75, 3.05) is 31.6 Å². The van der Waals surface area contributed by atoms with Gasteiger partial charge in [0.1, 0.15) is 6.54 Å². The summed E-state index contributed by atoms with van der Waals surface area (Å²) < 4.78 is 11.3. The first-order valence-corrected chi connectivity index (χ1v) is 8.57. The van der Waals surface area contributed by atoms with Gasteiger partial charge in [0, 0.05) is 23.7 Å². The topological polar surface area (TPSA) is 84.0 Å². The summed E-state index contributed by atoms with van der Waals surface area (Å²) >= 11 is 0. The Hall–Kier alpha value is -2.15. The van der Waals surface area contributed by atoms with E-state index in [1.165, 1.54) is 0 Å². The fourth-order valence-electron chi connectivity index (χ4n) is 2.26. The van der Waals surface area contributed by atoms with Crippen LogP contribution in [0.1, 0.15) is 27.2 Å². The van der Waals surface area contributed by atoms with Gasteiger partial charge in [0.2, 0.25) is 5.91 Å². The van der Waals surface area contributed by atoms with E-state index in [2.05, 4.69) is 26.9 Å². The Morgan fingerprint density at radius 2 is 1.96 bits per heavy atom. The third-order valence-corrected chi connectivity index (χ3v) is 3.26. The second-order valence-corrected chi connectivity index (χ2v) is 6.86. The summed E-state index contributed by atoms with van der Waals surface area (Å²) in [4.78, 5) is 16.3. The van der Waals surface area contributed by atoms with Gasteiger partial charge in [-0.1, -0.05) is 5.92 Å². The van der Waals surface area contributed by atoms with Crippen molar-refractivity contribution in [3.8, 4) is 23.8 Å². The second-order valence-electron chi connectivity index (χ2n) is 6.86. The molecular weight excluding hydrogens is 459 g/mol. The van der Waals surface area contributed by atoms with Gasteiger partial charge >= 0.3 is 0 Å². The lowest BCUT2D eigenvalue weighted by molar-refractivity contribution is -0.121. The van der Waals surface area contributed by atoms with Crippen LogP contribution in [0.2, 0.25) is 0 Å². The number of guanidine groups is 1. The maximum absolute atomic E-state index is 12.0. The van der Waals surface area contributed by atoms with Crippen LogP contribution in [0.3, 0.4) is 0 Å². The van der Waals surface area contributed by atoms with Crippen molar-refractivity contribution in [3.05, 3.63) is 18.2 Å². The molecule has 2 rings (SSSR count). The van der Waals surface area contributed by atoms with Gasteiger partial charge in [0.25, 0.3) is 0 Å². The van der Waals surface area contributed by atoms with Gasteiger partial charge in [-0.2, -0.15) is 0 Å². The molecule has 0 fully saturated rings. The van der Waals surface area contributed by atoms with E-state index in [0.29, 0.717) is 30.7 Å². The number of aliphatic imine (C=N–C) groups is 1. The van der Waals surface area contributed by atoms with Gasteiger partial charge in [-0.25, -0.2) is 4.99 Å². The number of fused-ring (bicyclic) bond motifs is 1. The van der Waals surface area contributed by atoms with Gasteiger partial charge in [0.15, 0.2) is 17.5 Å². The Morgan fingerprint density at radius 3 is 2.63 bits per heavy atom. The van der Waals surface area contributed by atoms with Gasteiger partial charge in [-0.3, -0.25) is 4.79 Å². The highest BCUT2D eigenvalue weighted by Crippen LogP contribution is 2.32. The molecule has 27 heavy (non-hydrogen) atoms. The largest absolute Gasteiger partial charge is 0.490 e. The van der Waals surface area contributed by atoms with Gasteiger partial charge in [0.05, 0.1) is 19.8 Å². The molecule has 0 aromatic heterocycles. The van der Waals surface area contributed by atoms with Crippen LogP contribution in [-0.2, 0) is 4.79 Å². The molecule has 148 valence electrons. The first-order valence-electron chi connectivity index (χ1n) is 8.57. The van der Waals surface area contributed by atoms with Crippen molar-refractivity contribution in [1.82, 2.24) is 10.6 Å². The van der Waals surface area contributed by atoms with Crippen molar-refractivity contribution < 1.29 is 14.3 Å². The van der Waals surface area contributed by atoms with E-state index in [4.69, 9.17) is 15.9 Å². The van der Waals surface area contributed by atoms with Gasteiger partial charge in [-0.15, -0.1) is 30.4 Å². The number of hydrogen-bond donors (Lipinski definition) is 3. The van der Waals surface area contributed by atoms with E-state index < -0.39 is 0 Å². The van der Waals surface area contributed by atoms with Crippen LogP contribution in [0, 0.1) is 12.3 Å². The van der Waals surface area contributed by atoms with Crippen LogP contribution in [0.15, 0.2) is 23.2 Å². The average Bonchev–Trinajstić information content (AvgIpc) is 2.80. The number of hydrogen-bond acceptors (Lipinski definition) is 4. The molecule has 3 N–H and O–H groups in total. The summed E-state index contributed by atoms with van der Waals surface area (Å²) in [6.07, 6.45) is 6.15. The minimum atomic E-state index is -0.305. The number of nitrogens with one attached hydrogen (secondary N) is 3. The van der Waals surface area contributed by atoms with Gasteiger partial charge < -0.3 is 25.4 Å². The lowest BCUT2D eigenvalue weighted by Gasteiger charge is -2.20. The van der Waals surface area contributed by atoms with Crippen molar-refractivity contribution in [2.24, 2.45) is 4.99 Å². The first-order chi connectivity index (χ1) is 12.4. The van der Waals surface area contributed by atoms with Crippen molar-refractivity contribution in [2.45, 2.75) is 32.7 Å². The fraction of sp³-hybridized carbons (Fsp3) is 0.474. The number of rotatable bonds is 4. The van der Waals surface area contributed by atoms with Crippen LogP contribution >= 0.6 is 24.0 Å². The molecule has 8 heteroatoms. The smallest absolute Gasteiger partial charge is 0.242 e. The van der Waals surface area contributed by atoms with Crippen LogP contribution in [0.5, 0.6) is 11.5 Å². The number of carbonyl (C=O) groups excluding carboxylic acids is 1. The molecule has 0 saturated carbocycles. The molecule has 0 spiro atoms. The summed E-state index contributed by atoms with van der Waals surface area (Å²) in [5, 5.41) is 8.97. The normalized spacial score (nSPS) is 13.5. The van der Waals surface area contributed by atoms with E-state index in [1.54, 1.807) is 0 Å². The van der Waals surface area contributed by atoms with Crippen LogP contribution in [-0.4, -0.2) is 43.7 Å². The highest BCUT2D eigenvalue weighted by atomic mass is 127. The molecule has 0 saturated heterocycles. The lowest BCUT2D eigenvalue weighted by atomic mass is 10.1. The van der Waals surface area contributed by atoms with Gasteiger partial charge in [-0.05, 0) is 32.9 Å². The third kappa shape index (κ3) is 8.39. The summed E-state index contributed by atoms with van der Waals surface area (Å²) in [7, 11) is 0. The molecule has 0 radical (unpaired) electrons. The van der Waals surface area contributed by atoms with Crippen molar-refractivity contribution in [1.29, 1.82) is 0 Å². The van der Waals surface area contributed by atoms with E-state index in [1.807, 2.05) is 39.0 Å². The standard InChI is InChI=1S/C19H26N4O3.HI/c1-5-9-20-18(21-13-17(24)23-19(2,3)4)22-14-7-8-15-16(12-14)26-11-6-10-25-15;/h1,7-8,12H,6,9-11,13H2,2-4H3,(H,23,24)(H2,20,21,22);1H. The number of benzene rings is 1. The van der Waals surface area contributed by atoms with E-state index >= 15 is 0 Å². The summed E-state index contributed by atoms with van der Waals surface area (Å²) in [6.45, 7) is 7.28. The lowest BCUT2D eigenvalue weighted by Crippen LogP contribution is -2.42. The quantitative estimate of drug-likeness (QED) is 0.264. The average molecular weight is 486 g/mol. The molecule has 0 aliphatic carbocycles. The predicted molar refractivity (Wildman–Crippen MR) is 118 cm³/mol. The predicted octanol–water partition coefficient (Wildman–Crippen LogP) is 2.37. The summed E-state index contributed by atoms with van der Waals surface area (Å²) in [5.74, 6) is 4.13. The molecule has 1 aromatic carbocycles. The highest BCUT2D eigenvalue weighted by molar-refractivity contribution is 14.0. The van der Waals surface area contributed by atoms with Crippen molar-refractivity contribution in [3.63, 3.8) is 0 Å². The molecule has 0 atom stereocenters. The number of amides is 1. The highest BCUT2D eigenvalue weighted by Gasteiger charge is 2.14.